The van der Waals surface area contributed by atoms with E-state index in [0.29, 0.717) is 5.69 Å². The average Bonchev–Trinajstić information content (AvgIpc) is 2.57. The van der Waals surface area contributed by atoms with Crippen molar-refractivity contribution in [2.24, 2.45) is 0 Å². The summed E-state index contributed by atoms with van der Waals surface area (Å²) in [6.07, 6.45) is 0. The first kappa shape index (κ1) is 17.0. The van der Waals surface area contributed by atoms with Crippen LogP contribution < -0.4 is 10.0 Å². The van der Waals surface area contributed by atoms with Gasteiger partial charge in [0.25, 0.3) is 10.0 Å². The molecule has 0 saturated heterocycles. The van der Waals surface area contributed by atoms with Gasteiger partial charge in [0.1, 0.15) is 0 Å². The number of amides is 2. The first-order valence-corrected chi connectivity index (χ1v) is 9.24. The van der Waals surface area contributed by atoms with E-state index in [9.17, 15) is 13.2 Å². The maximum absolute atomic E-state index is 12.3. The van der Waals surface area contributed by atoms with E-state index in [1.54, 1.807) is 12.1 Å². The molecule has 0 atom stereocenters. The number of sulfonamides is 1. The molecule has 3 rings (SSSR count). The third-order valence-corrected chi connectivity index (χ3v) is 5.28. The number of urea groups is 1. The van der Waals surface area contributed by atoms with Gasteiger partial charge >= 0.3 is 6.03 Å². The lowest BCUT2D eigenvalue weighted by Crippen LogP contribution is -2.34. The number of aryl methyl sites for hydroxylation is 2. The zero-order valence-corrected chi connectivity index (χ0v) is 14.7. The molecule has 5 nitrogen and oxygen atoms in total. The molecule has 0 radical (unpaired) electrons. The second-order valence-electron chi connectivity index (χ2n) is 5.85. The van der Waals surface area contributed by atoms with Crippen LogP contribution in [-0.2, 0) is 10.0 Å². The molecule has 0 bridgehead atoms. The number of carbonyl (C=O) groups is 1. The Labute approximate surface area is 146 Å². The van der Waals surface area contributed by atoms with Crippen LogP contribution in [0.5, 0.6) is 0 Å². The molecule has 25 heavy (non-hydrogen) atoms. The van der Waals surface area contributed by atoms with Crippen molar-refractivity contribution in [3.8, 4) is 0 Å². The van der Waals surface area contributed by atoms with Gasteiger partial charge in [-0.2, -0.15) is 0 Å². The van der Waals surface area contributed by atoms with Gasteiger partial charge in [0, 0.05) is 5.39 Å². The van der Waals surface area contributed by atoms with Gasteiger partial charge in [-0.15, -0.1) is 0 Å². The van der Waals surface area contributed by atoms with E-state index in [1.807, 2.05) is 50.2 Å². The highest BCUT2D eigenvalue weighted by Crippen LogP contribution is 2.27. The molecule has 0 aliphatic carbocycles. The second kappa shape index (κ2) is 6.57. The van der Waals surface area contributed by atoms with Crippen LogP contribution in [0.4, 0.5) is 10.5 Å². The lowest BCUT2D eigenvalue weighted by molar-refractivity contribution is 0.256. The van der Waals surface area contributed by atoms with Crippen LogP contribution in [0.3, 0.4) is 0 Å². The highest BCUT2D eigenvalue weighted by Gasteiger charge is 2.18. The number of nitrogens with one attached hydrogen (secondary N) is 2. The summed E-state index contributed by atoms with van der Waals surface area (Å²) in [5.74, 6) is 0. The maximum atomic E-state index is 12.3. The molecule has 0 saturated carbocycles. The molecule has 0 unspecified atom stereocenters. The smallest absolute Gasteiger partial charge is 0.306 e. The Morgan fingerprint density at radius 1 is 0.880 bits per heavy atom. The number of hydrogen-bond acceptors (Lipinski definition) is 3. The maximum Gasteiger partial charge on any atom is 0.333 e. The van der Waals surface area contributed by atoms with Crippen LogP contribution in [0.1, 0.15) is 11.1 Å². The predicted molar refractivity (Wildman–Crippen MR) is 99.2 cm³/mol. The van der Waals surface area contributed by atoms with Crippen LogP contribution in [0, 0.1) is 13.8 Å². The lowest BCUT2D eigenvalue weighted by Gasteiger charge is -2.13. The molecular formula is C19H18N2O3S. The van der Waals surface area contributed by atoms with Crippen molar-refractivity contribution in [3.05, 3.63) is 71.8 Å². The molecule has 128 valence electrons. The van der Waals surface area contributed by atoms with Crippen molar-refractivity contribution in [2.75, 3.05) is 5.32 Å². The Balaban J connectivity index is 1.86. The van der Waals surface area contributed by atoms with E-state index < -0.39 is 16.1 Å². The normalized spacial score (nSPS) is 11.3. The van der Waals surface area contributed by atoms with E-state index in [0.717, 1.165) is 21.9 Å². The molecule has 6 heteroatoms. The molecule has 0 aliphatic rings. The van der Waals surface area contributed by atoms with E-state index >= 15 is 0 Å². The SMILES string of the molecule is Cc1ccc(S(=O)(=O)NC(=O)Nc2c(C)ccc3ccccc23)cc1. The van der Waals surface area contributed by atoms with Crippen LogP contribution in [0.15, 0.2) is 65.6 Å². The number of fused-ring (bicyclic) bond motifs is 1. The zero-order chi connectivity index (χ0) is 18.0. The van der Waals surface area contributed by atoms with E-state index in [-0.39, 0.29) is 4.90 Å². The lowest BCUT2D eigenvalue weighted by atomic mass is 10.0. The van der Waals surface area contributed by atoms with Gasteiger partial charge in [-0.1, -0.05) is 54.1 Å². The van der Waals surface area contributed by atoms with Gasteiger partial charge < -0.3 is 5.32 Å². The van der Waals surface area contributed by atoms with Gasteiger partial charge in [0.2, 0.25) is 0 Å². The van der Waals surface area contributed by atoms with Crippen molar-refractivity contribution in [1.29, 1.82) is 0 Å². The van der Waals surface area contributed by atoms with Gasteiger partial charge in [-0.3, -0.25) is 0 Å². The van der Waals surface area contributed by atoms with E-state index in [2.05, 4.69) is 10.0 Å². The third-order valence-electron chi connectivity index (χ3n) is 3.93. The fraction of sp³-hybridized carbons (Fsp3) is 0.105. The van der Waals surface area contributed by atoms with E-state index in [4.69, 9.17) is 0 Å². The summed E-state index contributed by atoms with van der Waals surface area (Å²) in [6, 6.07) is 16.9. The summed E-state index contributed by atoms with van der Waals surface area (Å²) in [7, 11) is -3.92. The van der Waals surface area contributed by atoms with Gasteiger partial charge in [0.15, 0.2) is 0 Å². The van der Waals surface area contributed by atoms with Gasteiger partial charge in [-0.05, 0) is 36.9 Å². The molecular weight excluding hydrogens is 336 g/mol. The van der Waals surface area contributed by atoms with Crippen LogP contribution in [0.25, 0.3) is 10.8 Å². The summed E-state index contributed by atoms with van der Waals surface area (Å²) in [4.78, 5) is 12.3. The van der Waals surface area contributed by atoms with Crippen LogP contribution >= 0.6 is 0 Å². The Morgan fingerprint density at radius 2 is 1.56 bits per heavy atom. The number of rotatable bonds is 3. The molecule has 0 aromatic heterocycles. The highest BCUT2D eigenvalue weighted by atomic mass is 32.2. The van der Waals surface area contributed by atoms with Crippen LogP contribution in [0.2, 0.25) is 0 Å². The molecule has 3 aromatic rings. The number of anilines is 1. The average molecular weight is 354 g/mol. The highest BCUT2D eigenvalue weighted by molar-refractivity contribution is 7.90. The first-order valence-electron chi connectivity index (χ1n) is 7.76. The largest absolute Gasteiger partial charge is 0.333 e. The molecule has 0 spiro atoms. The van der Waals surface area contributed by atoms with E-state index in [1.165, 1.54) is 12.1 Å². The summed E-state index contributed by atoms with van der Waals surface area (Å²) in [6.45, 7) is 3.72. The molecule has 2 amide bonds. The Kier molecular flexibility index (Phi) is 4.46. The summed E-state index contributed by atoms with van der Waals surface area (Å²) < 4.78 is 26.7. The third kappa shape index (κ3) is 3.64. The zero-order valence-electron chi connectivity index (χ0n) is 13.9. The van der Waals surface area contributed by atoms with Crippen molar-refractivity contribution in [3.63, 3.8) is 0 Å². The van der Waals surface area contributed by atoms with Crippen molar-refractivity contribution in [2.45, 2.75) is 18.7 Å². The van der Waals surface area contributed by atoms with Gasteiger partial charge in [0.05, 0.1) is 10.6 Å². The van der Waals surface area contributed by atoms with Gasteiger partial charge in [-0.25, -0.2) is 17.9 Å². The summed E-state index contributed by atoms with van der Waals surface area (Å²) in [5, 5.41) is 4.48. The minimum absolute atomic E-state index is 0.0443. The standard InChI is InChI=1S/C19H18N2O3S/c1-13-7-11-16(12-8-13)25(23,24)21-19(22)20-18-14(2)9-10-15-5-3-4-6-17(15)18/h3-12H,1-2H3,(H2,20,21,22). The summed E-state index contributed by atoms with van der Waals surface area (Å²) in [5.41, 5.74) is 2.38. The molecule has 0 fully saturated rings. The molecule has 3 aromatic carbocycles. The molecule has 2 N–H and O–H groups in total. The number of hydrogen-bond donors (Lipinski definition) is 2. The fourth-order valence-electron chi connectivity index (χ4n) is 2.58. The molecule has 0 heterocycles. The van der Waals surface area contributed by atoms with Crippen molar-refractivity contribution >= 4 is 32.5 Å². The predicted octanol–water partition coefficient (Wildman–Crippen LogP) is 3.97. The minimum atomic E-state index is -3.92. The minimum Gasteiger partial charge on any atom is -0.306 e. The fourth-order valence-corrected chi connectivity index (χ4v) is 3.49. The first-order chi connectivity index (χ1) is 11.9. The van der Waals surface area contributed by atoms with Crippen molar-refractivity contribution in [1.82, 2.24) is 4.72 Å². The topological polar surface area (TPSA) is 75.3 Å². The van der Waals surface area contributed by atoms with Crippen molar-refractivity contribution < 1.29 is 13.2 Å². The second-order valence-corrected chi connectivity index (χ2v) is 7.53. The Hall–Kier alpha value is -2.86. The quantitative estimate of drug-likeness (QED) is 0.747. The molecule has 0 aliphatic heterocycles. The number of carbonyl (C=O) groups excluding carboxylic acids is 1. The summed E-state index contributed by atoms with van der Waals surface area (Å²) >= 11 is 0. The Bertz CT molecular complexity index is 1040. The Morgan fingerprint density at radius 3 is 2.28 bits per heavy atom. The number of benzene rings is 3. The monoisotopic (exact) mass is 354 g/mol. The van der Waals surface area contributed by atoms with Crippen LogP contribution in [-0.4, -0.2) is 14.4 Å².